The van der Waals surface area contributed by atoms with E-state index in [2.05, 4.69) is 15.9 Å². The Balaban J connectivity index is 2.67. The monoisotopic (exact) mass is 324 g/mol. The minimum atomic E-state index is -3.04. The molecule has 1 atom stereocenters. The van der Waals surface area contributed by atoms with Crippen molar-refractivity contribution in [1.29, 1.82) is 0 Å². The lowest BCUT2D eigenvalue weighted by molar-refractivity contribution is 0.161. The van der Waals surface area contributed by atoms with Gasteiger partial charge < -0.3 is 5.11 Å². The van der Waals surface area contributed by atoms with Crippen LogP contribution in [0.3, 0.4) is 0 Å². The number of aliphatic hydroxyl groups excluding tert-OH is 1. The Bertz CT molecular complexity index is 467. The molecule has 0 heterocycles. The maximum Gasteiger partial charge on any atom is 0.147 e. The lowest BCUT2D eigenvalue weighted by Crippen LogP contribution is -2.07. The SMILES string of the molecule is CS(=O)(=O)CCCC(O)c1c(F)cccc1Br. The Morgan fingerprint density at radius 3 is 2.65 bits per heavy atom. The third-order valence-electron chi connectivity index (χ3n) is 2.33. The summed E-state index contributed by atoms with van der Waals surface area (Å²) in [5, 5.41) is 9.81. The van der Waals surface area contributed by atoms with Crippen LogP contribution in [0.2, 0.25) is 0 Å². The van der Waals surface area contributed by atoms with Gasteiger partial charge in [-0.2, -0.15) is 0 Å². The minimum Gasteiger partial charge on any atom is -0.388 e. The highest BCUT2D eigenvalue weighted by Crippen LogP contribution is 2.28. The first-order valence-electron chi connectivity index (χ1n) is 5.11. The van der Waals surface area contributed by atoms with E-state index < -0.39 is 21.8 Å². The highest BCUT2D eigenvalue weighted by Gasteiger charge is 2.16. The van der Waals surface area contributed by atoms with E-state index in [0.717, 1.165) is 6.26 Å². The summed E-state index contributed by atoms with van der Waals surface area (Å²) < 4.78 is 35.8. The molecule has 96 valence electrons. The molecule has 0 saturated carbocycles. The summed E-state index contributed by atoms with van der Waals surface area (Å²) in [5.41, 5.74) is 0.181. The van der Waals surface area contributed by atoms with Crippen LogP contribution >= 0.6 is 15.9 Å². The van der Waals surface area contributed by atoms with Crippen LogP contribution < -0.4 is 0 Å². The van der Waals surface area contributed by atoms with Gasteiger partial charge in [0.05, 0.1) is 6.10 Å². The van der Waals surface area contributed by atoms with Crippen LogP contribution in [0.5, 0.6) is 0 Å². The van der Waals surface area contributed by atoms with Crippen LogP contribution in [0.1, 0.15) is 24.5 Å². The van der Waals surface area contributed by atoms with Gasteiger partial charge in [-0.3, -0.25) is 0 Å². The standard InChI is InChI=1S/C11H14BrFO3S/c1-17(15,16)7-3-6-10(14)11-8(12)4-2-5-9(11)13/h2,4-5,10,14H,3,6-7H2,1H3. The molecule has 1 unspecified atom stereocenters. The number of sulfone groups is 1. The molecule has 0 saturated heterocycles. The molecular weight excluding hydrogens is 311 g/mol. The Morgan fingerprint density at radius 1 is 1.47 bits per heavy atom. The molecule has 1 rings (SSSR count). The third kappa shape index (κ3) is 4.73. The molecule has 0 amide bonds. The molecule has 1 aromatic carbocycles. The molecule has 0 radical (unpaired) electrons. The van der Waals surface area contributed by atoms with Crippen LogP contribution in [-0.2, 0) is 9.84 Å². The van der Waals surface area contributed by atoms with E-state index in [1.807, 2.05) is 0 Å². The van der Waals surface area contributed by atoms with Gasteiger partial charge in [-0.25, -0.2) is 12.8 Å². The summed E-state index contributed by atoms with van der Waals surface area (Å²) in [6.07, 6.45) is 0.665. The van der Waals surface area contributed by atoms with Gasteiger partial charge in [0.1, 0.15) is 15.7 Å². The zero-order valence-corrected chi connectivity index (χ0v) is 11.8. The van der Waals surface area contributed by atoms with E-state index in [0.29, 0.717) is 10.9 Å². The van der Waals surface area contributed by atoms with Crippen LogP contribution in [0.4, 0.5) is 4.39 Å². The third-order valence-corrected chi connectivity index (χ3v) is 4.05. The topological polar surface area (TPSA) is 54.4 Å². The van der Waals surface area contributed by atoms with Crippen molar-refractivity contribution in [2.24, 2.45) is 0 Å². The molecule has 0 aliphatic carbocycles. The Kier molecular flexibility index (Phi) is 5.09. The molecule has 17 heavy (non-hydrogen) atoms. The van der Waals surface area contributed by atoms with Gasteiger partial charge in [0, 0.05) is 22.0 Å². The smallest absolute Gasteiger partial charge is 0.147 e. The molecule has 0 aromatic heterocycles. The zero-order chi connectivity index (χ0) is 13.1. The highest BCUT2D eigenvalue weighted by atomic mass is 79.9. The summed E-state index contributed by atoms with van der Waals surface area (Å²) in [6.45, 7) is 0. The van der Waals surface area contributed by atoms with Crippen molar-refractivity contribution in [2.45, 2.75) is 18.9 Å². The normalized spacial score (nSPS) is 13.6. The van der Waals surface area contributed by atoms with E-state index in [4.69, 9.17) is 0 Å². The Hall–Kier alpha value is -0.460. The number of hydrogen-bond acceptors (Lipinski definition) is 3. The molecule has 0 spiro atoms. The fourth-order valence-corrected chi connectivity index (χ4v) is 2.81. The lowest BCUT2D eigenvalue weighted by Gasteiger charge is -2.13. The van der Waals surface area contributed by atoms with Crippen molar-refractivity contribution in [3.8, 4) is 0 Å². The first-order chi connectivity index (χ1) is 7.81. The summed E-state index contributed by atoms with van der Waals surface area (Å²) in [7, 11) is -3.04. The second-order valence-corrected chi connectivity index (χ2v) is 7.04. The summed E-state index contributed by atoms with van der Waals surface area (Å²) in [5.74, 6) is -0.498. The molecule has 0 aliphatic heterocycles. The van der Waals surface area contributed by atoms with Crippen LogP contribution in [0.25, 0.3) is 0 Å². The zero-order valence-electron chi connectivity index (χ0n) is 9.36. The number of hydrogen-bond donors (Lipinski definition) is 1. The lowest BCUT2D eigenvalue weighted by atomic mass is 10.0. The largest absolute Gasteiger partial charge is 0.388 e. The second-order valence-electron chi connectivity index (χ2n) is 3.92. The van der Waals surface area contributed by atoms with Gasteiger partial charge in [0.2, 0.25) is 0 Å². The highest BCUT2D eigenvalue weighted by molar-refractivity contribution is 9.10. The van der Waals surface area contributed by atoms with Crippen molar-refractivity contribution < 1.29 is 17.9 Å². The molecule has 0 fully saturated rings. The average molecular weight is 325 g/mol. The fourth-order valence-electron chi connectivity index (χ4n) is 1.51. The van der Waals surface area contributed by atoms with Gasteiger partial charge in [-0.15, -0.1) is 0 Å². The van der Waals surface area contributed by atoms with E-state index in [1.54, 1.807) is 6.07 Å². The molecule has 0 bridgehead atoms. The van der Waals surface area contributed by atoms with E-state index in [1.165, 1.54) is 12.1 Å². The van der Waals surface area contributed by atoms with Crippen LogP contribution in [-0.4, -0.2) is 25.5 Å². The number of aliphatic hydroxyl groups is 1. The number of rotatable bonds is 5. The van der Waals surface area contributed by atoms with Gasteiger partial charge in [-0.05, 0) is 25.0 Å². The summed E-state index contributed by atoms with van der Waals surface area (Å²) >= 11 is 3.16. The summed E-state index contributed by atoms with van der Waals surface area (Å²) in [6, 6.07) is 4.43. The fraction of sp³-hybridized carbons (Fsp3) is 0.455. The maximum atomic E-state index is 13.5. The van der Waals surface area contributed by atoms with Crippen molar-refractivity contribution in [3.05, 3.63) is 34.1 Å². The van der Waals surface area contributed by atoms with Crippen LogP contribution in [0.15, 0.2) is 22.7 Å². The number of benzene rings is 1. The van der Waals surface area contributed by atoms with Crippen molar-refractivity contribution in [1.82, 2.24) is 0 Å². The second kappa shape index (κ2) is 5.93. The van der Waals surface area contributed by atoms with Crippen molar-refractivity contribution in [2.75, 3.05) is 12.0 Å². The predicted octanol–water partition coefficient (Wildman–Crippen LogP) is 2.45. The van der Waals surface area contributed by atoms with Gasteiger partial charge in [0.15, 0.2) is 0 Å². The first-order valence-corrected chi connectivity index (χ1v) is 7.96. The van der Waals surface area contributed by atoms with E-state index in [-0.39, 0.29) is 17.7 Å². The summed E-state index contributed by atoms with van der Waals surface area (Å²) in [4.78, 5) is 0. The Morgan fingerprint density at radius 2 is 2.12 bits per heavy atom. The molecular formula is C11H14BrFO3S. The minimum absolute atomic E-state index is 0.00384. The average Bonchev–Trinajstić information content (AvgIpc) is 2.15. The Labute approximate surface area is 109 Å². The van der Waals surface area contributed by atoms with E-state index in [9.17, 15) is 17.9 Å². The molecule has 6 heteroatoms. The van der Waals surface area contributed by atoms with Gasteiger partial charge in [0.25, 0.3) is 0 Å². The molecule has 1 aromatic rings. The maximum absolute atomic E-state index is 13.5. The quantitative estimate of drug-likeness (QED) is 0.905. The van der Waals surface area contributed by atoms with Crippen molar-refractivity contribution >= 4 is 25.8 Å². The van der Waals surface area contributed by atoms with E-state index >= 15 is 0 Å². The van der Waals surface area contributed by atoms with Crippen molar-refractivity contribution in [3.63, 3.8) is 0 Å². The molecule has 3 nitrogen and oxygen atoms in total. The first kappa shape index (κ1) is 14.6. The molecule has 1 N–H and O–H groups in total. The van der Waals surface area contributed by atoms with Gasteiger partial charge >= 0.3 is 0 Å². The predicted molar refractivity (Wildman–Crippen MR) is 68.0 cm³/mol. The molecule has 0 aliphatic rings. The van der Waals surface area contributed by atoms with Gasteiger partial charge in [-0.1, -0.05) is 22.0 Å². The number of halogens is 2. The van der Waals surface area contributed by atoms with Crippen LogP contribution in [0, 0.1) is 5.82 Å².